The van der Waals surface area contributed by atoms with Gasteiger partial charge in [-0.25, -0.2) is 4.98 Å². The van der Waals surface area contributed by atoms with Gasteiger partial charge in [0.2, 0.25) is 5.91 Å². The monoisotopic (exact) mass is 378 g/mol. The first-order valence-electron chi connectivity index (χ1n) is 9.41. The Morgan fingerprint density at radius 1 is 1.11 bits per heavy atom. The van der Waals surface area contributed by atoms with Gasteiger partial charge in [-0.1, -0.05) is 43.7 Å². The first kappa shape index (κ1) is 19.6. The highest BCUT2D eigenvalue weighted by Gasteiger charge is 2.27. The quantitative estimate of drug-likeness (QED) is 0.691. The molecule has 0 fully saturated rings. The van der Waals surface area contributed by atoms with Crippen LogP contribution in [0.1, 0.15) is 35.6 Å². The third-order valence-corrected chi connectivity index (χ3v) is 4.73. The van der Waals surface area contributed by atoms with Gasteiger partial charge >= 0.3 is 0 Å². The smallest absolute Gasteiger partial charge is 0.251 e. The number of rotatable bonds is 6. The number of H-pyrrole nitrogens is 1. The normalized spacial score (nSPS) is 12.2. The van der Waals surface area contributed by atoms with Crippen LogP contribution in [0.25, 0.3) is 11.0 Å². The van der Waals surface area contributed by atoms with Gasteiger partial charge in [-0.2, -0.15) is 0 Å². The Labute approximate surface area is 165 Å². The maximum absolute atomic E-state index is 13.0. The number of carbonyl (C=O) groups is 2. The van der Waals surface area contributed by atoms with Crippen molar-refractivity contribution in [2.45, 2.75) is 33.4 Å². The molecule has 1 aromatic heterocycles. The second-order valence-corrected chi connectivity index (χ2v) is 7.46. The number of hydrogen-bond acceptors (Lipinski definition) is 3. The number of fused-ring (bicyclic) bond motifs is 1. The molecular formula is C22H26N4O2. The molecule has 3 rings (SSSR count). The van der Waals surface area contributed by atoms with Crippen LogP contribution in [0.2, 0.25) is 0 Å². The van der Waals surface area contributed by atoms with Crippen LogP contribution in [-0.4, -0.2) is 39.8 Å². The van der Waals surface area contributed by atoms with Gasteiger partial charge in [0.15, 0.2) is 0 Å². The fourth-order valence-corrected chi connectivity index (χ4v) is 3.06. The first-order valence-corrected chi connectivity index (χ1v) is 9.41. The highest BCUT2D eigenvalue weighted by molar-refractivity contribution is 5.97. The van der Waals surface area contributed by atoms with Crippen molar-refractivity contribution in [1.82, 2.24) is 20.2 Å². The van der Waals surface area contributed by atoms with Crippen LogP contribution in [-0.2, 0) is 11.3 Å². The number of nitrogens with zero attached hydrogens (tertiary/aromatic N) is 2. The Kier molecular flexibility index (Phi) is 5.78. The van der Waals surface area contributed by atoms with Crippen molar-refractivity contribution in [1.29, 1.82) is 0 Å². The molecule has 146 valence electrons. The highest BCUT2D eigenvalue weighted by Crippen LogP contribution is 2.13. The molecule has 1 heterocycles. The highest BCUT2D eigenvalue weighted by atomic mass is 16.2. The zero-order chi connectivity index (χ0) is 20.3. The number of amides is 2. The predicted molar refractivity (Wildman–Crippen MR) is 110 cm³/mol. The van der Waals surface area contributed by atoms with Gasteiger partial charge in [-0.05, 0) is 37.1 Å². The van der Waals surface area contributed by atoms with Crippen LogP contribution in [0.3, 0.4) is 0 Å². The zero-order valence-corrected chi connectivity index (χ0v) is 16.7. The average molecular weight is 378 g/mol. The van der Waals surface area contributed by atoms with E-state index in [4.69, 9.17) is 0 Å². The Hall–Kier alpha value is -3.15. The Morgan fingerprint density at radius 2 is 1.79 bits per heavy atom. The minimum absolute atomic E-state index is 0.0416. The summed E-state index contributed by atoms with van der Waals surface area (Å²) >= 11 is 0. The first-order chi connectivity index (χ1) is 13.3. The fraction of sp³-hybridized carbons (Fsp3) is 0.318. The second kappa shape index (κ2) is 8.25. The summed E-state index contributed by atoms with van der Waals surface area (Å²) in [5, 5.41) is 2.88. The molecule has 6 nitrogen and oxygen atoms in total. The number of hydrogen-bond donors (Lipinski definition) is 2. The third-order valence-electron chi connectivity index (χ3n) is 4.73. The van der Waals surface area contributed by atoms with Crippen molar-refractivity contribution in [2.24, 2.45) is 5.92 Å². The number of benzene rings is 2. The molecule has 0 aliphatic heterocycles. The van der Waals surface area contributed by atoms with Crippen molar-refractivity contribution < 1.29 is 9.59 Å². The van der Waals surface area contributed by atoms with Gasteiger partial charge in [0.05, 0.1) is 17.6 Å². The molecule has 0 saturated heterocycles. The molecule has 2 aromatic carbocycles. The number of imidazole rings is 1. The van der Waals surface area contributed by atoms with Crippen LogP contribution in [0.15, 0.2) is 48.5 Å². The summed E-state index contributed by atoms with van der Waals surface area (Å²) in [4.78, 5) is 34.9. The van der Waals surface area contributed by atoms with E-state index < -0.39 is 6.04 Å². The third kappa shape index (κ3) is 4.39. The van der Waals surface area contributed by atoms with E-state index in [1.165, 1.54) is 0 Å². The fourth-order valence-electron chi connectivity index (χ4n) is 3.06. The van der Waals surface area contributed by atoms with Gasteiger partial charge in [-0.15, -0.1) is 0 Å². The molecular weight excluding hydrogens is 352 g/mol. The van der Waals surface area contributed by atoms with Crippen LogP contribution in [0, 0.1) is 12.8 Å². The van der Waals surface area contributed by atoms with E-state index in [0.717, 1.165) is 16.6 Å². The topological polar surface area (TPSA) is 78.1 Å². The molecule has 28 heavy (non-hydrogen) atoms. The molecule has 0 saturated carbocycles. The molecule has 2 amide bonds. The molecule has 0 radical (unpaired) electrons. The number of nitrogens with one attached hydrogen (secondary N) is 2. The number of aryl methyl sites for hydroxylation is 1. The summed E-state index contributed by atoms with van der Waals surface area (Å²) < 4.78 is 0. The molecule has 0 bridgehead atoms. The van der Waals surface area contributed by atoms with Gasteiger partial charge in [0.25, 0.3) is 5.91 Å². The van der Waals surface area contributed by atoms with Gasteiger partial charge < -0.3 is 15.2 Å². The summed E-state index contributed by atoms with van der Waals surface area (Å²) in [6, 6.07) is 14.4. The Balaban J connectivity index is 1.70. The van der Waals surface area contributed by atoms with E-state index in [1.54, 1.807) is 24.1 Å². The van der Waals surface area contributed by atoms with Gasteiger partial charge in [-0.3, -0.25) is 9.59 Å². The van der Waals surface area contributed by atoms with Crippen molar-refractivity contribution in [3.8, 4) is 0 Å². The van der Waals surface area contributed by atoms with Crippen LogP contribution >= 0.6 is 0 Å². The van der Waals surface area contributed by atoms with E-state index in [1.807, 2.05) is 57.2 Å². The lowest BCUT2D eigenvalue weighted by atomic mass is 10.0. The van der Waals surface area contributed by atoms with Crippen molar-refractivity contribution >= 4 is 22.8 Å². The molecule has 6 heteroatoms. The molecule has 1 unspecified atom stereocenters. The predicted octanol–water partition coefficient (Wildman–Crippen LogP) is 3.28. The van der Waals surface area contributed by atoms with E-state index >= 15 is 0 Å². The molecule has 0 spiro atoms. The summed E-state index contributed by atoms with van der Waals surface area (Å²) in [6.45, 7) is 6.16. The molecule has 1 atom stereocenters. The van der Waals surface area contributed by atoms with Crippen LogP contribution in [0.4, 0.5) is 0 Å². The zero-order valence-electron chi connectivity index (χ0n) is 16.7. The van der Waals surface area contributed by atoms with Gasteiger partial charge in [0.1, 0.15) is 11.9 Å². The Bertz CT molecular complexity index is 943. The summed E-state index contributed by atoms with van der Waals surface area (Å²) in [5.41, 5.74) is 3.43. The number of para-hydroxylation sites is 2. The van der Waals surface area contributed by atoms with Crippen molar-refractivity contribution in [3.05, 3.63) is 65.5 Å². The lowest BCUT2D eigenvalue weighted by Gasteiger charge is -2.26. The lowest BCUT2D eigenvalue weighted by molar-refractivity contribution is -0.133. The standard InChI is InChI=1S/C22H26N4O2/c1-14(2)20(25-21(27)16-11-9-15(3)10-12-16)22(28)26(4)13-19-23-17-7-5-6-8-18(17)24-19/h5-12,14,20H,13H2,1-4H3,(H,23,24)(H,25,27). The van der Waals surface area contributed by atoms with Crippen LogP contribution < -0.4 is 5.32 Å². The summed E-state index contributed by atoms with van der Waals surface area (Å²) in [5.74, 6) is 0.282. The maximum atomic E-state index is 13.0. The van der Waals surface area contributed by atoms with E-state index in [2.05, 4.69) is 15.3 Å². The Morgan fingerprint density at radius 3 is 2.43 bits per heavy atom. The minimum Gasteiger partial charge on any atom is -0.340 e. The molecule has 0 aliphatic rings. The van der Waals surface area contributed by atoms with Crippen molar-refractivity contribution in [2.75, 3.05) is 7.05 Å². The maximum Gasteiger partial charge on any atom is 0.251 e. The minimum atomic E-state index is -0.608. The number of aromatic amines is 1. The second-order valence-electron chi connectivity index (χ2n) is 7.46. The number of carbonyl (C=O) groups excluding carboxylic acids is 2. The SMILES string of the molecule is Cc1ccc(C(=O)NC(C(=O)N(C)Cc2nc3ccccc3[nH]2)C(C)C)cc1. The largest absolute Gasteiger partial charge is 0.340 e. The average Bonchev–Trinajstić information content (AvgIpc) is 3.07. The van der Waals surface area contributed by atoms with E-state index in [-0.39, 0.29) is 17.7 Å². The number of aromatic nitrogens is 2. The van der Waals surface area contributed by atoms with Crippen molar-refractivity contribution in [3.63, 3.8) is 0 Å². The summed E-state index contributed by atoms with van der Waals surface area (Å²) in [7, 11) is 1.73. The lowest BCUT2D eigenvalue weighted by Crippen LogP contribution is -2.50. The van der Waals surface area contributed by atoms with E-state index in [0.29, 0.717) is 17.9 Å². The van der Waals surface area contributed by atoms with E-state index in [9.17, 15) is 9.59 Å². The van der Waals surface area contributed by atoms with Gasteiger partial charge in [0, 0.05) is 12.6 Å². The van der Waals surface area contributed by atoms with Crippen LogP contribution in [0.5, 0.6) is 0 Å². The molecule has 3 aromatic rings. The number of likely N-dealkylation sites (N-methyl/N-ethyl adjacent to an activating group) is 1. The molecule has 0 aliphatic carbocycles. The summed E-state index contributed by atoms with van der Waals surface area (Å²) in [6.07, 6.45) is 0. The molecule has 2 N–H and O–H groups in total.